The number of halogens is 3. The summed E-state index contributed by atoms with van der Waals surface area (Å²) in [5.41, 5.74) is 2.15. The molecule has 0 heterocycles. The molecule has 0 aliphatic heterocycles. The average molecular weight is 299 g/mol. The van der Waals surface area contributed by atoms with Crippen LogP contribution < -0.4 is 5.32 Å². The summed E-state index contributed by atoms with van der Waals surface area (Å²) >= 11 is 0. The van der Waals surface area contributed by atoms with Gasteiger partial charge in [0.1, 0.15) is 6.67 Å². The first-order valence-electron chi connectivity index (χ1n) is 6.61. The van der Waals surface area contributed by atoms with Crippen molar-refractivity contribution in [2.75, 3.05) is 12.0 Å². The van der Waals surface area contributed by atoms with Gasteiger partial charge in [-0.3, -0.25) is 4.79 Å². The van der Waals surface area contributed by atoms with E-state index in [9.17, 15) is 18.0 Å². The van der Waals surface area contributed by atoms with Crippen LogP contribution in [-0.4, -0.2) is 25.1 Å². The van der Waals surface area contributed by atoms with E-state index >= 15 is 0 Å². The van der Waals surface area contributed by atoms with Gasteiger partial charge in [0.2, 0.25) is 12.3 Å². The molecule has 6 heteroatoms. The number of carbonyl (C=O) groups excluding carboxylic acids is 1. The second-order valence-electron chi connectivity index (χ2n) is 4.79. The molecule has 0 radical (unpaired) electrons. The number of amides is 1. The Balaban J connectivity index is 2.12. The molecule has 1 aromatic rings. The number of alkyl halides is 3. The van der Waals surface area contributed by atoms with Crippen molar-refractivity contribution in [1.29, 1.82) is 0 Å². The molecule has 21 heavy (non-hydrogen) atoms. The van der Waals surface area contributed by atoms with Crippen LogP contribution in [0.4, 0.5) is 18.9 Å². The quantitative estimate of drug-likeness (QED) is 0.817. The maximum absolute atomic E-state index is 13.4. The molecular formula is C15H16F3NO2. The van der Waals surface area contributed by atoms with E-state index in [1.54, 1.807) is 18.2 Å². The van der Waals surface area contributed by atoms with Crippen molar-refractivity contribution in [2.24, 2.45) is 0 Å². The number of carbonyl (C=O) groups is 1. The summed E-state index contributed by atoms with van der Waals surface area (Å²) in [5.74, 6) is -0.366. The Morgan fingerprint density at radius 3 is 2.95 bits per heavy atom. The van der Waals surface area contributed by atoms with Crippen LogP contribution in [0, 0.1) is 0 Å². The summed E-state index contributed by atoms with van der Waals surface area (Å²) < 4.78 is 43.4. The predicted octanol–water partition coefficient (Wildman–Crippen LogP) is 3.42. The molecular weight excluding hydrogens is 283 g/mol. The molecule has 1 amide bonds. The lowest BCUT2D eigenvalue weighted by atomic mass is 10.1. The van der Waals surface area contributed by atoms with Crippen molar-refractivity contribution in [1.82, 2.24) is 0 Å². The standard InChI is InChI=1S/C15H16F3NO2/c1-2-14(20)19-10-5-3-9-4-6-13(11(9)7-10)21-15(18)12(17)8-16/h2-3,5,7,12-13,15H,1,4,6,8H2,(H,19,20). The van der Waals surface area contributed by atoms with Crippen LogP contribution in [0.25, 0.3) is 0 Å². The minimum absolute atomic E-state index is 0.366. The van der Waals surface area contributed by atoms with Gasteiger partial charge in [0.15, 0.2) is 6.17 Å². The van der Waals surface area contributed by atoms with E-state index in [1.807, 2.05) is 0 Å². The molecule has 0 saturated carbocycles. The van der Waals surface area contributed by atoms with Crippen LogP contribution in [0.2, 0.25) is 0 Å². The molecule has 1 aliphatic carbocycles. The average Bonchev–Trinajstić information content (AvgIpc) is 2.88. The Labute approximate surface area is 120 Å². The first kappa shape index (κ1) is 15.6. The van der Waals surface area contributed by atoms with E-state index in [0.29, 0.717) is 24.1 Å². The van der Waals surface area contributed by atoms with Gasteiger partial charge in [0, 0.05) is 5.69 Å². The van der Waals surface area contributed by atoms with Gasteiger partial charge in [-0.25, -0.2) is 13.2 Å². The zero-order valence-corrected chi connectivity index (χ0v) is 11.3. The smallest absolute Gasteiger partial charge is 0.247 e. The minimum Gasteiger partial charge on any atom is -0.338 e. The van der Waals surface area contributed by atoms with Gasteiger partial charge in [-0.2, -0.15) is 0 Å². The highest BCUT2D eigenvalue weighted by Gasteiger charge is 2.30. The Morgan fingerprint density at radius 1 is 1.52 bits per heavy atom. The molecule has 1 aromatic carbocycles. The zero-order valence-electron chi connectivity index (χ0n) is 11.3. The Bertz CT molecular complexity index is 536. The van der Waals surface area contributed by atoms with Gasteiger partial charge in [0.25, 0.3) is 0 Å². The molecule has 0 bridgehead atoms. The molecule has 0 aromatic heterocycles. The SMILES string of the molecule is C=CC(=O)Nc1ccc2c(c1)C(OC(F)C(F)CF)CC2. The lowest BCUT2D eigenvalue weighted by Gasteiger charge is -2.18. The van der Waals surface area contributed by atoms with E-state index in [1.165, 1.54) is 0 Å². The fourth-order valence-corrected chi connectivity index (χ4v) is 2.29. The van der Waals surface area contributed by atoms with E-state index in [2.05, 4.69) is 11.9 Å². The monoisotopic (exact) mass is 299 g/mol. The van der Waals surface area contributed by atoms with Gasteiger partial charge in [0.05, 0.1) is 6.10 Å². The summed E-state index contributed by atoms with van der Waals surface area (Å²) in [6.07, 6.45) is -2.92. The van der Waals surface area contributed by atoms with Crippen LogP contribution in [-0.2, 0) is 16.0 Å². The third-order valence-corrected chi connectivity index (χ3v) is 3.35. The van der Waals surface area contributed by atoms with E-state index in [-0.39, 0.29) is 5.91 Å². The summed E-state index contributed by atoms with van der Waals surface area (Å²) in [6.45, 7) is 1.93. The molecule has 3 nitrogen and oxygen atoms in total. The second-order valence-corrected chi connectivity index (χ2v) is 4.79. The van der Waals surface area contributed by atoms with Crippen molar-refractivity contribution in [3.8, 4) is 0 Å². The summed E-state index contributed by atoms with van der Waals surface area (Å²) in [5, 5.41) is 2.59. The largest absolute Gasteiger partial charge is 0.338 e. The highest BCUT2D eigenvalue weighted by Crippen LogP contribution is 2.37. The van der Waals surface area contributed by atoms with Gasteiger partial charge >= 0.3 is 0 Å². The first-order valence-corrected chi connectivity index (χ1v) is 6.61. The van der Waals surface area contributed by atoms with Crippen LogP contribution >= 0.6 is 0 Å². The summed E-state index contributed by atoms with van der Waals surface area (Å²) in [4.78, 5) is 11.3. The minimum atomic E-state index is -2.29. The zero-order chi connectivity index (χ0) is 15.4. The highest BCUT2D eigenvalue weighted by atomic mass is 19.2. The van der Waals surface area contributed by atoms with Crippen LogP contribution in [0.1, 0.15) is 23.7 Å². The maximum atomic E-state index is 13.4. The van der Waals surface area contributed by atoms with Crippen LogP contribution in [0.3, 0.4) is 0 Å². The number of ether oxygens (including phenoxy) is 1. The molecule has 1 aliphatic rings. The third kappa shape index (κ3) is 3.64. The number of benzene rings is 1. The molecule has 2 rings (SSSR count). The van der Waals surface area contributed by atoms with Crippen molar-refractivity contribution in [3.63, 3.8) is 0 Å². The number of nitrogens with one attached hydrogen (secondary N) is 1. The topological polar surface area (TPSA) is 38.3 Å². The normalized spacial score (nSPS) is 19.7. The molecule has 0 saturated heterocycles. The van der Waals surface area contributed by atoms with Crippen molar-refractivity contribution in [3.05, 3.63) is 42.0 Å². The lowest BCUT2D eigenvalue weighted by molar-refractivity contribution is -0.128. The summed E-state index contributed by atoms with van der Waals surface area (Å²) in [6, 6.07) is 5.17. The molecule has 1 N–H and O–H groups in total. The lowest BCUT2D eigenvalue weighted by Crippen LogP contribution is -2.24. The number of anilines is 1. The number of hydrogen-bond donors (Lipinski definition) is 1. The maximum Gasteiger partial charge on any atom is 0.247 e. The second kappa shape index (κ2) is 6.76. The number of hydrogen-bond acceptors (Lipinski definition) is 2. The highest BCUT2D eigenvalue weighted by molar-refractivity contribution is 5.98. The number of fused-ring (bicyclic) bond motifs is 1. The van der Waals surface area contributed by atoms with Crippen molar-refractivity contribution in [2.45, 2.75) is 31.5 Å². The molecule has 0 spiro atoms. The fourth-order valence-electron chi connectivity index (χ4n) is 2.29. The molecule has 114 valence electrons. The van der Waals surface area contributed by atoms with Crippen LogP contribution in [0.5, 0.6) is 0 Å². The first-order chi connectivity index (χ1) is 10.0. The van der Waals surface area contributed by atoms with E-state index < -0.39 is 25.3 Å². The summed E-state index contributed by atoms with van der Waals surface area (Å²) in [7, 11) is 0. The van der Waals surface area contributed by atoms with Crippen LogP contribution in [0.15, 0.2) is 30.9 Å². The van der Waals surface area contributed by atoms with Gasteiger partial charge in [-0.1, -0.05) is 12.6 Å². The van der Waals surface area contributed by atoms with Gasteiger partial charge < -0.3 is 10.1 Å². The number of aryl methyl sites for hydroxylation is 1. The van der Waals surface area contributed by atoms with Crippen molar-refractivity contribution >= 4 is 11.6 Å². The Morgan fingerprint density at radius 2 is 2.29 bits per heavy atom. The van der Waals surface area contributed by atoms with Crippen molar-refractivity contribution < 1.29 is 22.7 Å². The Hall–Kier alpha value is -1.82. The van der Waals surface area contributed by atoms with Gasteiger partial charge in [-0.15, -0.1) is 0 Å². The van der Waals surface area contributed by atoms with E-state index in [4.69, 9.17) is 4.74 Å². The molecule has 0 fully saturated rings. The fraction of sp³-hybridized carbons (Fsp3) is 0.400. The van der Waals surface area contributed by atoms with E-state index in [0.717, 1.165) is 11.6 Å². The third-order valence-electron chi connectivity index (χ3n) is 3.35. The number of rotatable bonds is 6. The predicted molar refractivity (Wildman–Crippen MR) is 73.2 cm³/mol. The molecule has 3 atom stereocenters. The molecule has 3 unspecified atom stereocenters. The van der Waals surface area contributed by atoms with Gasteiger partial charge in [-0.05, 0) is 42.2 Å². The Kier molecular flexibility index (Phi) is 5.01.